The van der Waals surface area contributed by atoms with Crippen molar-refractivity contribution in [2.45, 2.75) is 12.2 Å². The van der Waals surface area contributed by atoms with Gasteiger partial charge in [0.1, 0.15) is 0 Å². The Kier molecular flexibility index (Phi) is 3.96. The summed E-state index contributed by atoms with van der Waals surface area (Å²) in [5.74, 6) is -0.0218. The van der Waals surface area contributed by atoms with Crippen LogP contribution in [0.25, 0.3) is 0 Å². The van der Waals surface area contributed by atoms with Crippen LogP contribution in [-0.4, -0.2) is 22.5 Å². The molecule has 0 aliphatic carbocycles. The van der Waals surface area contributed by atoms with Gasteiger partial charge in [0.2, 0.25) is 5.91 Å². The molecule has 1 aromatic carbocycles. The standard InChI is InChI=1S/C11H10BrN3OS/c1-7-10(16)14-11(17-7)15-13-6-8-3-2-4-9(12)5-8/h2-7H,1H3,(H,14,15,16)/b13-6-. The molecule has 6 heteroatoms. The third-order valence-electron chi connectivity index (χ3n) is 2.09. The van der Waals surface area contributed by atoms with Crippen LogP contribution in [0.1, 0.15) is 12.5 Å². The van der Waals surface area contributed by atoms with Crippen LogP contribution in [-0.2, 0) is 4.79 Å². The Labute approximate surface area is 112 Å². The molecule has 0 radical (unpaired) electrons. The Morgan fingerprint density at radius 2 is 2.35 bits per heavy atom. The number of thioether (sulfide) groups is 1. The highest BCUT2D eigenvalue weighted by Gasteiger charge is 2.25. The maximum absolute atomic E-state index is 11.2. The zero-order valence-corrected chi connectivity index (χ0v) is 11.5. The van der Waals surface area contributed by atoms with E-state index in [1.54, 1.807) is 6.21 Å². The maximum Gasteiger partial charge on any atom is 0.239 e. The number of nitrogens with one attached hydrogen (secondary N) is 1. The normalized spacial score (nSPS) is 22.4. The first-order valence-electron chi connectivity index (χ1n) is 4.99. The third kappa shape index (κ3) is 3.41. The third-order valence-corrected chi connectivity index (χ3v) is 3.56. The summed E-state index contributed by atoms with van der Waals surface area (Å²) >= 11 is 4.76. The molecule has 0 spiro atoms. The molecule has 1 fully saturated rings. The Morgan fingerprint density at radius 1 is 1.53 bits per heavy atom. The molecule has 2 rings (SSSR count). The van der Waals surface area contributed by atoms with Crippen molar-refractivity contribution in [2.24, 2.45) is 10.2 Å². The molecule has 1 aliphatic rings. The van der Waals surface area contributed by atoms with Crippen LogP contribution in [0.2, 0.25) is 0 Å². The summed E-state index contributed by atoms with van der Waals surface area (Å²) in [6, 6.07) is 7.73. The smallest absolute Gasteiger partial charge is 0.239 e. The van der Waals surface area contributed by atoms with Gasteiger partial charge in [-0.25, -0.2) is 0 Å². The molecule has 0 bridgehead atoms. The summed E-state index contributed by atoms with van der Waals surface area (Å²) in [5, 5.41) is 11.0. The highest BCUT2D eigenvalue weighted by atomic mass is 79.9. The fourth-order valence-electron chi connectivity index (χ4n) is 1.24. The topological polar surface area (TPSA) is 53.8 Å². The molecule has 17 heavy (non-hydrogen) atoms. The second kappa shape index (κ2) is 5.46. The lowest BCUT2D eigenvalue weighted by molar-refractivity contribution is -0.118. The van der Waals surface area contributed by atoms with Gasteiger partial charge in [-0.2, -0.15) is 5.10 Å². The summed E-state index contributed by atoms with van der Waals surface area (Å²) in [6.07, 6.45) is 1.65. The molecule has 0 aromatic heterocycles. The molecule has 1 N–H and O–H groups in total. The number of hydrogen-bond donors (Lipinski definition) is 1. The summed E-state index contributed by atoms with van der Waals surface area (Å²) in [4.78, 5) is 11.2. The number of halogens is 1. The number of hydrogen-bond acceptors (Lipinski definition) is 4. The number of carbonyl (C=O) groups is 1. The van der Waals surface area contributed by atoms with E-state index >= 15 is 0 Å². The molecular formula is C11H10BrN3OS. The number of carbonyl (C=O) groups excluding carboxylic acids is 1. The highest BCUT2D eigenvalue weighted by molar-refractivity contribution is 9.10. The van der Waals surface area contributed by atoms with Gasteiger partial charge in [0.15, 0.2) is 5.17 Å². The van der Waals surface area contributed by atoms with Gasteiger partial charge in [0.25, 0.3) is 0 Å². The minimum absolute atomic E-state index is 0.0218. The predicted molar refractivity (Wildman–Crippen MR) is 74.4 cm³/mol. The lowest BCUT2D eigenvalue weighted by Crippen LogP contribution is -2.23. The van der Waals surface area contributed by atoms with E-state index in [4.69, 9.17) is 0 Å². The van der Waals surface area contributed by atoms with Crippen LogP contribution in [0, 0.1) is 0 Å². The summed E-state index contributed by atoms with van der Waals surface area (Å²) in [5.41, 5.74) is 0.950. The van der Waals surface area contributed by atoms with Crippen LogP contribution in [0.5, 0.6) is 0 Å². The lowest BCUT2D eigenvalue weighted by atomic mass is 10.2. The van der Waals surface area contributed by atoms with Crippen molar-refractivity contribution >= 4 is 45.0 Å². The largest absolute Gasteiger partial charge is 0.303 e. The molecular weight excluding hydrogens is 302 g/mol. The van der Waals surface area contributed by atoms with E-state index < -0.39 is 0 Å². The molecule has 1 unspecified atom stereocenters. The molecule has 88 valence electrons. The maximum atomic E-state index is 11.2. The van der Waals surface area contributed by atoms with Crippen molar-refractivity contribution in [3.8, 4) is 0 Å². The van der Waals surface area contributed by atoms with E-state index in [9.17, 15) is 4.79 Å². The Bertz CT molecular complexity index is 501. The molecule has 0 saturated carbocycles. The summed E-state index contributed by atoms with van der Waals surface area (Å²) in [7, 11) is 0. The SMILES string of the molecule is CC1S/C(=N/N=C\c2cccc(Br)c2)NC1=O. The quantitative estimate of drug-likeness (QED) is 0.673. The molecule has 1 amide bonds. The Balaban J connectivity index is 2.03. The number of amides is 1. The molecule has 1 aliphatic heterocycles. The number of benzene rings is 1. The average Bonchev–Trinajstić information content (AvgIpc) is 2.58. The second-order valence-electron chi connectivity index (χ2n) is 3.45. The average molecular weight is 312 g/mol. The molecule has 4 nitrogen and oxygen atoms in total. The van der Waals surface area contributed by atoms with Gasteiger partial charge < -0.3 is 5.32 Å². The minimum atomic E-state index is -0.0881. The van der Waals surface area contributed by atoms with Crippen LogP contribution in [0.15, 0.2) is 38.9 Å². The van der Waals surface area contributed by atoms with Crippen molar-refractivity contribution in [1.29, 1.82) is 0 Å². The molecule has 1 aromatic rings. The van der Waals surface area contributed by atoms with Crippen molar-refractivity contribution in [1.82, 2.24) is 5.32 Å². The van der Waals surface area contributed by atoms with Crippen LogP contribution < -0.4 is 5.32 Å². The van der Waals surface area contributed by atoms with Gasteiger partial charge in [-0.1, -0.05) is 39.8 Å². The lowest BCUT2D eigenvalue weighted by Gasteiger charge is -1.92. The first-order valence-corrected chi connectivity index (χ1v) is 6.66. The number of rotatable bonds is 2. The van der Waals surface area contributed by atoms with Gasteiger partial charge in [-0.05, 0) is 24.6 Å². The van der Waals surface area contributed by atoms with Crippen molar-refractivity contribution in [3.63, 3.8) is 0 Å². The van der Waals surface area contributed by atoms with Crippen LogP contribution in [0.4, 0.5) is 0 Å². The van der Waals surface area contributed by atoms with E-state index in [-0.39, 0.29) is 11.2 Å². The van der Waals surface area contributed by atoms with Gasteiger partial charge in [-0.3, -0.25) is 4.79 Å². The van der Waals surface area contributed by atoms with Gasteiger partial charge in [-0.15, -0.1) is 5.10 Å². The fourth-order valence-corrected chi connectivity index (χ4v) is 2.41. The monoisotopic (exact) mass is 311 g/mol. The van der Waals surface area contributed by atoms with Gasteiger partial charge in [0, 0.05) is 4.47 Å². The molecule has 1 saturated heterocycles. The summed E-state index contributed by atoms with van der Waals surface area (Å²) in [6.45, 7) is 1.83. The van der Waals surface area contributed by atoms with E-state index in [1.807, 2.05) is 31.2 Å². The van der Waals surface area contributed by atoms with E-state index in [0.717, 1.165) is 10.0 Å². The first-order chi connectivity index (χ1) is 8.15. The zero-order valence-electron chi connectivity index (χ0n) is 9.05. The van der Waals surface area contributed by atoms with E-state index in [2.05, 4.69) is 31.4 Å². The molecule has 1 atom stereocenters. The van der Waals surface area contributed by atoms with Crippen molar-refractivity contribution in [3.05, 3.63) is 34.3 Å². The number of amidine groups is 1. The number of nitrogens with zero attached hydrogens (tertiary/aromatic N) is 2. The van der Waals surface area contributed by atoms with Crippen molar-refractivity contribution < 1.29 is 4.79 Å². The zero-order chi connectivity index (χ0) is 12.3. The first kappa shape index (κ1) is 12.3. The Hall–Kier alpha value is -1.14. The summed E-state index contributed by atoms with van der Waals surface area (Å²) < 4.78 is 0.992. The predicted octanol–water partition coefficient (Wildman–Crippen LogP) is 2.39. The van der Waals surface area contributed by atoms with E-state index in [0.29, 0.717) is 5.17 Å². The van der Waals surface area contributed by atoms with Crippen LogP contribution in [0.3, 0.4) is 0 Å². The Morgan fingerprint density at radius 3 is 3.00 bits per heavy atom. The fraction of sp³-hybridized carbons (Fsp3) is 0.182. The highest BCUT2D eigenvalue weighted by Crippen LogP contribution is 2.18. The van der Waals surface area contributed by atoms with Gasteiger partial charge in [0.05, 0.1) is 11.5 Å². The molecule has 1 heterocycles. The minimum Gasteiger partial charge on any atom is -0.303 e. The van der Waals surface area contributed by atoms with E-state index in [1.165, 1.54) is 11.8 Å². The van der Waals surface area contributed by atoms with Crippen LogP contribution >= 0.6 is 27.7 Å². The van der Waals surface area contributed by atoms with Crippen molar-refractivity contribution in [2.75, 3.05) is 0 Å². The van der Waals surface area contributed by atoms with Gasteiger partial charge >= 0.3 is 0 Å². The second-order valence-corrected chi connectivity index (χ2v) is 5.70.